The molecular formula is C13H16N6S. The minimum Gasteiger partial charge on any atom is -0.364 e. The van der Waals surface area contributed by atoms with Gasteiger partial charge in [-0.2, -0.15) is 10.1 Å². The minimum atomic E-state index is 0.631. The molecule has 3 aromatic heterocycles. The van der Waals surface area contributed by atoms with Gasteiger partial charge < -0.3 is 10.6 Å². The third kappa shape index (κ3) is 2.32. The second-order valence-electron chi connectivity index (χ2n) is 4.52. The van der Waals surface area contributed by atoms with Crippen LogP contribution >= 0.6 is 11.3 Å². The Kier molecular flexibility index (Phi) is 3.27. The van der Waals surface area contributed by atoms with E-state index in [0.717, 1.165) is 21.7 Å². The van der Waals surface area contributed by atoms with E-state index in [1.165, 1.54) is 4.88 Å². The van der Waals surface area contributed by atoms with Crippen LogP contribution in [-0.2, 0) is 13.6 Å². The number of nitrogens with zero attached hydrogens (tertiary/aromatic N) is 4. The summed E-state index contributed by atoms with van der Waals surface area (Å²) in [5.74, 6) is 1.48. The predicted octanol–water partition coefficient (Wildman–Crippen LogP) is 2.39. The van der Waals surface area contributed by atoms with Gasteiger partial charge in [-0.3, -0.25) is 4.68 Å². The molecule has 0 radical (unpaired) electrons. The number of anilines is 2. The standard InChI is InChI=1S/C13H16N6S/c1-8-6-10-11(15-7-9-4-5-16-19(9)3)17-13(14-2)18-12(10)20-8/h4-6H,7H2,1-3H3,(H2,14,15,17,18). The van der Waals surface area contributed by atoms with Crippen LogP contribution in [0.15, 0.2) is 18.3 Å². The molecule has 0 aliphatic rings. The summed E-state index contributed by atoms with van der Waals surface area (Å²) >= 11 is 1.67. The zero-order valence-corrected chi connectivity index (χ0v) is 12.5. The Morgan fingerprint density at radius 2 is 2.20 bits per heavy atom. The quantitative estimate of drug-likeness (QED) is 0.771. The zero-order chi connectivity index (χ0) is 14.1. The Morgan fingerprint density at radius 1 is 1.35 bits per heavy atom. The van der Waals surface area contributed by atoms with Crippen molar-refractivity contribution in [1.29, 1.82) is 0 Å². The van der Waals surface area contributed by atoms with Crippen LogP contribution in [0.1, 0.15) is 10.6 Å². The van der Waals surface area contributed by atoms with Crippen LogP contribution in [0.4, 0.5) is 11.8 Å². The molecule has 20 heavy (non-hydrogen) atoms. The molecule has 0 aliphatic carbocycles. The van der Waals surface area contributed by atoms with Crippen LogP contribution in [0.2, 0.25) is 0 Å². The fraction of sp³-hybridized carbons (Fsp3) is 0.308. The number of hydrogen-bond donors (Lipinski definition) is 2. The highest BCUT2D eigenvalue weighted by Crippen LogP contribution is 2.29. The number of aromatic nitrogens is 4. The van der Waals surface area contributed by atoms with E-state index in [4.69, 9.17) is 0 Å². The van der Waals surface area contributed by atoms with Crippen LogP contribution in [-0.4, -0.2) is 26.8 Å². The molecule has 104 valence electrons. The molecule has 0 aliphatic heterocycles. The van der Waals surface area contributed by atoms with Crippen molar-refractivity contribution in [2.75, 3.05) is 17.7 Å². The van der Waals surface area contributed by atoms with Crippen molar-refractivity contribution in [1.82, 2.24) is 19.7 Å². The Hall–Kier alpha value is -2.15. The summed E-state index contributed by atoms with van der Waals surface area (Å²) < 4.78 is 1.85. The first-order chi connectivity index (χ1) is 9.67. The largest absolute Gasteiger partial charge is 0.364 e. The van der Waals surface area contributed by atoms with Crippen LogP contribution in [0.3, 0.4) is 0 Å². The minimum absolute atomic E-state index is 0.631. The summed E-state index contributed by atoms with van der Waals surface area (Å²) in [4.78, 5) is 11.2. The Morgan fingerprint density at radius 3 is 2.90 bits per heavy atom. The lowest BCUT2D eigenvalue weighted by atomic mass is 10.3. The summed E-state index contributed by atoms with van der Waals surface area (Å²) in [6, 6.07) is 4.11. The van der Waals surface area contributed by atoms with Gasteiger partial charge in [0, 0.05) is 25.2 Å². The van der Waals surface area contributed by atoms with E-state index in [-0.39, 0.29) is 0 Å². The molecule has 0 bridgehead atoms. The molecule has 0 fully saturated rings. The first-order valence-corrected chi connectivity index (χ1v) is 7.15. The van der Waals surface area contributed by atoms with E-state index < -0.39 is 0 Å². The van der Waals surface area contributed by atoms with Crippen molar-refractivity contribution in [3.05, 3.63) is 28.9 Å². The summed E-state index contributed by atoms with van der Waals surface area (Å²) in [5.41, 5.74) is 1.11. The maximum atomic E-state index is 4.51. The third-order valence-electron chi connectivity index (χ3n) is 3.10. The molecule has 0 unspecified atom stereocenters. The number of rotatable bonds is 4. The van der Waals surface area contributed by atoms with Gasteiger partial charge in [0.1, 0.15) is 10.6 Å². The lowest BCUT2D eigenvalue weighted by Crippen LogP contribution is -2.08. The molecule has 3 aromatic rings. The van der Waals surface area contributed by atoms with E-state index in [1.807, 2.05) is 24.8 Å². The van der Waals surface area contributed by atoms with Gasteiger partial charge in [0.2, 0.25) is 5.95 Å². The molecule has 3 heterocycles. The van der Waals surface area contributed by atoms with E-state index >= 15 is 0 Å². The lowest BCUT2D eigenvalue weighted by Gasteiger charge is -2.08. The summed E-state index contributed by atoms with van der Waals surface area (Å²) in [6.45, 7) is 2.76. The van der Waals surface area contributed by atoms with Crippen LogP contribution in [0.25, 0.3) is 10.2 Å². The van der Waals surface area contributed by atoms with Crippen molar-refractivity contribution in [3.63, 3.8) is 0 Å². The van der Waals surface area contributed by atoms with E-state index in [0.29, 0.717) is 12.5 Å². The van der Waals surface area contributed by atoms with Gasteiger partial charge in [0.05, 0.1) is 17.6 Å². The molecular weight excluding hydrogens is 272 g/mol. The van der Waals surface area contributed by atoms with E-state index in [1.54, 1.807) is 17.5 Å². The number of fused-ring (bicyclic) bond motifs is 1. The molecule has 0 aromatic carbocycles. The fourth-order valence-electron chi connectivity index (χ4n) is 2.04. The Labute approximate surface area is 120 Å². The topological polar surface area (TPSA) is 67.7 Å². The lowest BCUT2D eigenvalue weighted by molar-refractivity contribution is 0.720. The summed E-state index contributed by atoms with van der Waals surface area (Å²) in [7, 11) is 3.76. The van der Waals surface area contributed by atoms with Crippen molar-refractivity contribution in [3.8, 4) is 0 Å². The van der Waals surface area contributed by atoms with Crippen molar-refractivity contribution >= 4 is 33.3 Å². The number of hydrogen-bond acceptors (Lipinski definition) is 6. The van der Waals surface area contributed by atoms with Crippen molar-refractivity contribution in [2.24, 2.45) is 7.05 Å². The predicted molar refractivity (Wildman–Crippen MR) is 82.2 cm³/mol. The summed E-state index contributed by atoms with van der Waals surface area (Å²) in [5, 5.41) is 11.6. The smallest absolute Gasteiger partial charge is 0.225 e. The molecule has 7 heteroatoms. The SMILES string of the molecule is CNc1nc(NCc2ccnn2C)c2cc(C)sc2n1. The zero-order valence-electron chi connectivity index (χ0n) is 11.6. The van der Waals surface area contributed by atoms with Gasteiger partial charge in [0.25, 0.3) is 0 Å². The van der Waals surface area contributed by atoms with Crippen LogP contribution < -0.4 is 10.6 Å². The third-order valence-corrected chi connectivity index (χ3v) is 4.04. The highest BCUT2D eigenvalue weighted by molar-refractivity contribution is 7.18. The summed E-state index contributed by atoms with van der Waals surface area (Å²) in [6.07, 6.45) is 1.79. The Bertz CT molecular complexity index is 744. The highest BCUT2D eigenvalue weighted by atomic mass is 32.1. The van der Waals surface area contributed by atoms with Gasteiger partial charge in [-0.15, -0.1) is 11.3 Å². The van der Waals surface area contributed by atoms with Gasteiger partial charge in [-0.05, 0) is 19.1 Å². The molecule has 3 rings (SSSR count). The van der Waals surface area contributed by atoms with E-state index in [9.17, 15) is 0 Å². The van der Waals surface area contributed by atoms with Gasteiger partial charge in [-0.25, -0.2) is 4.98 Å². The number of nitrogens with one attached hydrogen (secondary N) is 2. The number of thiophene rings is 1. The van der Waals surface area contributed by atoms with Gasteiger partial charge in [0.15, 0.2) is 0 Å². The first kappa shape index (κ1) is 12.9. The second kappa shape index (κ2) is 5.09. The molecule has 0 saturated carbocycles. The fourth-order valence-corrected chi connectivity index (χ4v) is 2.92. The average molecular weight is 288 g/mol. The molecule has 0 amide bonds. The maximum absolute atomic E-state index is 4.51. The second-order valence-corrected chi connectivity index (χ2v) is 5.76. The molecule has 0 atom stereocenters. The average Bonchev–Trinajstić information content (AvgIpc) is 3.00. The Balaban J connectivity index is 1.95. The monoisotopic (exact) mass is 288 g/mol. The van der Waals surface area contributed by atoms with E-state index in [2.05, 4.69) is 38.7 Å². The van der Waals surface area contributed by atoms with Crippen LogP contribution in [0.5, 0.6) is 0 Å². The molecule has 6 nitrogen and oxygen atoms in total. The van der Waals surface area contributed by atoms with Gasteiger partial charge >= 0.3 is 0 Å². The molecule has 2 N–H and O–H groups in total. The van der Waals surface area contributed by atoms with Crippen LogP contribution in [0, 0.1) is 6.92 Å². The normalized spacial score (nSPS) is 10.9. The van der Waals surface area contributed by atoms with Crippen molar-refractivity contribution in [2.45, 2.75) is 13.5 Å². The highest BCUT2D eigenvalue weighted by Gasteiger charge is 2.10. The number of aryl methyl sites for hydroxylation is 2. The van der Waals surface area contributed by atoms with Crippen molar-refractivity contribution < 1.29 is 0 Å². The molecule has 0 spiro atoms. The molecule has 0 saturated heterocycles. The maximum Gasteiger partial charge on any atom is 0.225 e. The van der Waals surface area contributed by atoms with Gasteiger partial charge in [-0.1, -0.05) is 0 Å². The first-order valence-electron chi connectivity index (χ1n) is 6.34.